The standard InChI is InChI=1S/C69H125N2O7P/c1-7-10-13-16-19-22-25-27-29-31-33-34-35-36-38-39-41-43-46-49-52-55-58-61-68(72)70-66(65-77-79(74,75)76-64-63-71(4,5)6)67(60-57-54-51-48-45-24-21-18-15-12-9-3)78-69(73)62-59-56-53-50-47-44-42-40-37-32-30-28-26-23-20-17-14-11-8-2/h11,14,20,23,28,30,37,40,44,47,53,56-57,60,66-67H,7-10,12-13,15-19,21-22,24-27,29,31-36,38-39,41-43,45-46,48-52,54-55,58-59,61-65H2,1-6H3,(H-,70,72,74,75)/p+1/b14-11-,23-20-,30-28-,40-37-,47-44-,56-53-,60-57+. The number of ether oxygens (including phenoxy) is 1. The number of quaternary nitrogens is 1. The number of esters is 1. The number of unbranched alkanes of at least 4 members (excludes halogenated alkanes) is 31. The Hall–Kier alpha value is -2.81. The van der Waals surface area contributed by atoms with E-state index in [1.165, 1.54) is 173 Å². The molecule has 0 aromatic heterocycles. The Morgan fingerprint density at radius 2 is 0.823 bits per heavy atom. The molecule has 9 nitrogen and oxygen atoms in total. The molecule has 10 heteroatoms. The van der Waals surface area contributed by atoms with Crippen LogP contribution < -0.4 is 5.32 Å². The molecule has 0 aromatic carbocycles. The third-order valence-corrected chi connectivity index (χ3v) is 15.3. The number of hydrogen-bond acceptors (Lipinski definition) is 6. The summed E-state index contributed by atoms with van der Waals surface area (Å²) < 4.78 is 30.6. The molecule has 0 heterocycles. The fraction of sp³-hybridized carbons (Fsp3) is 0.768. The molecule has 0 bridgehead atoms. The minimum atomic E-state index is -4.47. The number of phosphoric ester groups is 1. The maximum Gasteiger partial charge on any atom is 0.472 e. The number of nitrogens with zero attached hydrogens (tertiary/aromatic N) is 1. The molecule has 79 heavy (non-hydrogen) atoms. The summed E-state index contributed by atoms with van der Waals surface area (Å²) in [6, 6.07) is -0.881. The van der Waals surface area contributed by atoms with Crippen molar-refractivity contribution in [3.05, 3.63) is 85.1 Å². The molecule has 0 fully saturated rings. The zero-order chi connectivity index (χ0) is 57.9. The maximum atomic E-state index is 13.6. The van der Waals surface area contributed by atoms with Crippen LogP contribution >= 0.6 is 7.82 Å². The van der Waals surface area contributed by atoms with E-state index in [9.17, 15) is 19.0 Å². The minimum Gasteiger partial charge on any atom is -0.456 e. The van der Waals surface area contributed by atoms with Crippen LogP contribution in [0.4, 0.5) is 0 Å². The molecule has 0 spiro atoms. The molecule has 0 aliphatic carbocycles. The highest BCUT2D eigenvalue weighted by Crippen LogP contribution is 2.43. The predicted octanol–water partition coefficient (Wildman–Crippen LogP) is 20.6. The second kappa shape index (κ2) is 58.4. The molecule has 3 unspecified atom stereocenters. The third-order valence-electron chi connectivity index (χ3n) is 14.4. The van der Waals surface area contributed by atoms with Gasteiger partial charge in [-0.1, -0.05) is 292 Å². The first-order valence-corrected chi connectivity index (χ1v) is 34.4. The summed E-state index contributed by atoms with van der Waals surface area (Å²) >= 11 is 0. The van der Waals surface area contributed by atoms with E-state index in [0.29, 0.717) is 23.9 Å². The Kier molecular flexibility index (Phi) is 56.3. The molecule has 1 amide bonds. The van der Waals surface area contributed by atoms with Gasteiger partial charge in [-0.25, -0.2) is 4.57 Å². The minimum absolute atomic E-state index is 0.0273. The average molecular weight is 1130 g/mol. The first-order chi connectivity index (χ1) is 38.4. The smallest absolute Gasteiger partial charge is 0.456 e. The van der Waals surface area contributed by atoms with Crippen molar-refractivity contribution in [2.24, 2.45) is 0 Å². The van der Waals surface area contributed by atoms with Crippen molar-refractivity contribution >= 4 is 19.7 Å². The van der Waals surface area contributed by atoms with Crippen LogP contribution in [0.15, 0.2) is 85.1 Å². The second-order valence-electron chi connectivity index (χ2n) is 23.3. The van der Waals surface area contributed by atoms with Gasteiger partial charge in [-0.2, -0.15) is 0 Å². The van der Waals surface area contributed by atoms with Crippen molar-refractivity contribution in [1.29, 1.82) is 0 Å². The van der Waals surface area contributed by atoms with Gasteiger partial charge in [0.2, 0.25) is 5.91 Å². The molecule has 0 saturated carbocycles. The third kappa shape index (κ3) is 59.6. The molecule has 3 atom stereocenters. The van der Waals surface area contributed by atoms with Crippen molar-refractivity contribution in [3.8, 4) is 0 Å². The lowest BCUT2D eigenvalue weighted by Crippen LogP contribution is -2.47. The van der Waals surface area contributed by atoms with E-state index < -0.39 is 25.9 Å². The molecule has 0 aliphatic heterocycles. The van der Waals surface area contributed by atoms with E-state index in [1.807, 2.05) is 39.4 Å². The van der Waals surface area contributed by atoms with Crippen molar-refractivity contribution in [3.63, 3.8) is 0 Å². The first kappa shape index (κ1) is 76.2. The average Bonchev–Trinajstić information content (AvgIpc) is 3.41. The van der Waals surface area contributed by atoms with Crippen LogP contribution in [0.3, 0.4) is 0 Å². The summed E-state index contributed by atoms with van der Waals surface area (Å²) in [6.07, 6.45) is 77.6. The summed E-state index contributed by atoms with van der Waals surface area (Å²) in [5, 5.41) is 3.04. The van der Waals surface area contributed by atoms with Crippen LogP contribution in [0.25, 0.3) is 0 Å². The summed E-state index contributed by atoms with van der Waals surface area (Å²) in [5.74, 6) is -0.597. The Labute approximate surface area is 488 Å². The van der Waals surface area contributed by atoms with Gasteiger partial charge >= 0.3 is 13.8 Å². The zero-order valence-corrected chi connectivity index (χ0v) is 53.2. The second-order valence-corrected chi connectivity index (χ2v) is 24.7. The SMILES string of the molecule is CC/C=C\C/C=C\C/C=C\C/C=C\C/C=C\C/C=C\CCC(=O)OC(/C=C/CCCCCCCCCCC)C(COP(=O)(O)OCC[N+](C)(C)C)NC(=O)CCCCCCCCCCCCCCCCCCCCCCCCC. The van der Waals surface area contributed by atoms with Crippen molar-refractivity contribution in [2.45, 2.75) is 303 Å². The summed E-state index contributed by atoms with van der Waals surface area (Å²) in [6.45, 7) is 6.87. The van der Waals surface area contributed by atoms with Gasteiger partial charge in [0.05, 0.1) is 33.8 Å². The van der Waals surface area contributed by atoms with Gasteiger partial charge in [-0.15, -0.1) is 0 Å². The molecule has 458 valence electrons. The van der Waals surface area contributed by atoms with E-state index in [1.54, 1.807) is 0 Å². The van der Waals surface area contributed by atoms with Crippen molar-refractivity contribution in [1.82, 2.24) is 5.32 Å². The van der Waals surface area contributed by atoms with Gasteiger partial charge in [-0.3, -0.25) is 18.6 Å². The Morgan fingerprint density at radius 3 is 1.22 bits per heavy atom. The number of nitrogens with one attached hydrogen (secondary N) is 1. The lowest BCUT2D eigenvalue weighted by atomic mass is 10.0. The number of likely N-dealkylation sites (N-methyl/N-ethyl adjacent to an activating group) is 1. The van der Waals surface area contributed by atoms with Crippen LogP contribution in [-0.4, -0.2) is 74.3 Å². The highest BCUT2D eigenvalue weighted by atomic mass is 31.2. The van der Waals surface area contributed by atoms with Crippen LogP contribution in [0.5, 0.6) is 0 Å². The van der Waals surface area contributed by atoms with Crippen molar-refractivity contribution in [2.75, 3.05) is 40.9 Å². The van der Waals surface area contributed by atoms with Crippen molar-refractivity contribution < 1.29 is 37.3 Å². The number of allylic oxidation sites excluding steroid dienone is 13. The topological polar surface area (TPSA) is 111 Å². The fourth-order valence-electron chi connectivity index (χ4n) is 9.32. The summed E-state index contributed by atoms with van der Waals surface area (Å²) in [4.78, 5) is 37.7. The molecule has 0 saturated heterocycles. The Morgan fingerprint density at radius 1 is 0.456 bits per heavy atom. The lowest BCUT2D eigenvalue weighted by Gasteiger charge is -2.27. The van der Waals surface area contributed by atoms with E-state index in [2.05, 4.69) is 92.9 Å². The van der Waals surface area contributed by atoms with E-state index in [-0.39, 0.29) is 25.5 Å². The van der Waals surface area contributed by atoms with Crippen LogP contribution in [0.2, 0.25) is 0 Å². The van der Waals surface area contributed by atoms with Gasteiger partial charge in [0, 0.05) is 12.8 Å². The molecular formula is C69H126N2O7P+. The first-order valence-electron chi connectivity index (χ1n) is 32.9. The Bertz CT molecular complexity index is 1630. The van der Waals surface area contributed by atoms with Gasteiger partial charge in [0.15, 0.2) is 0 Å². The van der Waals surface area contributed by atoms with Crippen LogP contribution in [0, 0.1) is 0 Å². The molecular weight excluding hydrogens is 1000 g/mol. The predicted molar refractivity (Wildman–Crippen MR) is 341 cm³/mol. The van der Waals surface area contributed by atoms with Gasteiger partial charge in [-0.05, 0) is 70.3 Å². The van der Waals surface area contributed by atoms with Gasteiger partial charge in [0.1, 0.15) is 19.3 Å². The number of amides is 1. The fourth-order valence-corrected chi connectivity index (χ4v) is 10.1. The molecule has 0 aromatic rings. The largest absolute Gasteiger partial charge is 0.472 e. The summed E-state index contributed by atoms with van der Waals surface area (Å²) in [7, 11) is 1.46. The maximum absolute atomic E-state index is 13.6. The number of phosphoric acid groups is 1. The van der Waals surface area contributed by atoms with Gasteiger partial charge in [0.25, 0.3) is 0 Å². The molecule has 0 radical (unpaired) electrons. The Balaban J connectivity index is 5.20. The normalized spacial score (nSPS) is 14.2. The molecule has 0 aliphatic rings. The molecule has 0 rings (SSSR count). The number of carbonyl (C=O) groups is 2. The van der Waals surface area contributed by atoms with E-state index >= 15 is 0 Å². The van der Waals surface area contributed by atoms with Gasteiger partial charge < -0.3 is 19.4 Å². The van der Waals surface area contributed by atoms with E-state index in [0.717, 1.165) is 77.0 Å². The number of hydrogen-bond donors (Lipinski definition) is 2. The summed E-state index contributed by atoms with van der Waals surface area (Å²) in [5.41, 5.74) is 0. The molecule has 2 N–H and O–H groups in total. The lowest BCUT2D eigenvalue weighted by molar-refractivity contribution is -0.870. The number of carbonyl (C=O) groups excluding carboxylic acids is 2. The van der Waals surface area contributed by atoms with Crippen LogP contribution in [0.1, 0.15) is 290 Å². The number of rotatable bonds is 59. The van der Waals surface area contributed by atoms with E-state index in [4.69, 9.17) is 13.8 Å². The quantitative estimate of drug-likeness (QED) is 0.0205. The highest BCUT2D eigenvalue weighted by Gasteiger charge is 2.30. The zero-order valence-electron chi connectivity index (χ0n) is 52.3. The monoisotopic (exact) mass is 1130 g/mol. The highest BCUT2D eigenvalue weighted by molar-refractivity contribution is 7.47. The van der Waals surface area contributed by atoms with Crippen LogP contribution in [-0.2, 0) is 27.9 Å².